The second-order valence-electron chi connectivity index (χ2n) is 19.9. The van der Waals surface area contributed by atoms with Gasteiger partial charge in [-0.1, -0.05) is 48.5 Å². The van der Waals surface area contributed by atoms with Gasteiger partial charge in [0.1, 0.15) is 36.8 Å². The van der Waals surface area contributed by atoms with Crippen LogP contribution in [0.15, 0.2) is 0 Å². The number of nitrogens with one attached hydrogen (secondary N) is 3. The number of hydroxylamine groups is 4. The van der Waals surface area contributed by atoms with Crippen LogP contribution in [-0.4, -0.2) is 178 Å². The SMILES string of the molecule is CC[C@H]1O[C@@](O)(C(C)(O)C(=O)N[C@@H]2C(=O)N3NCCC[C@@H]3C(=O)N(O)CC(=O)N3NCCC[C@@H]3C(=O)N3CC[C@@](C)(O)[C@H]3C(=O)N(O)[C@@H](C(C)C)C(=O)O[C@H]2C(C)C)CC[C@@H]1CC(C)C. The van der Waals surface area contributed by atoms with E-state index >= 15 is 4.79 Å². The van der Waals surface area contributed by atoms with Gasteiger partial charge in [-0.05, 0) is 88.9 Å². The van der Waals surface area contributed by atoms with Gasteiger partial charge >= 0.3 is 5.97 Å². The molecule has 5 aliphatic rings. The molecule has 1 unspecified atom stereocenters. The van der Waals surface area contributed by atoms with E-state index in [1.165, 1.54) is 34.6 Å². The average Bonchev–Trinajstić information content (AvgIpc) is 3.57. The van der Waals surface area contributed by atoms with E-state index in [1.807, 2.05) is 20.8 Å². The maximum absolute atomic E-state index is 15.0. The number of carbonyl (C=O) groups excluding carboxylic acids is 7. The van der Waals surface area contributed by atoms with Gasteiger partial charge in [0.15, 0.2) is 11.6 Å². The Bertz CT molecular complexity index is 1800. The molecule has 8 N–H and O–H groups in total. The Kier molecular flexibility index (Phi) is 16.3. The quantitative estimate of drug-likeness (QED) is 0.113. The van der Waals surface area contributed by atoms with Gasteiger partial charge in [0, 0.05) is 26.1 Å². The number of amides is 6. The maximum Gasteiger partial charge on any atom is 0.332 e. The summed E-state index contributed by atoms with van der Waals surface area (Å²) in [5, 5.41) is 62.8. The zero-order valence-electron chi connectivity index (χ0n) is 39.2. The molecule has 0 aliphatic carbocycles. The van der Waals surface area contributed by atoms with E-state index in [9.17, 15) is 54.5 Å². The van der Waals surface area contributed by atoms with Crippen molar-refractivity contribution in [3.63, 3.8) is 0 Å². The minimum absolute atomic E-state index is 0.0189. The van der Waals surface area contributed by atoms with Crippen molar-refractivity contribution in [2.45, 2.75) is 180 Å². The molecule has 6 amide bonds. The van der Waals surface area contributed by atoms with Crippen LogP contribution < -0.4 is 16.2 Å². The van der Waals surface area contributed by atoms with Gasteiger partial charge in [0.2, 0.25) is 11.7 Å². The van der Waals surface area contributed by atoms with Crippen molar-refractivity contribution in [3.05, 3.63) is 0 Å². The highest BCUT2D eigenvalue weighted by molar-refractivity contribution is 5.97. The van der Waals surface area contributed by atoms with Gasteiger partial charge in [-0.3, -0.25) is 49.2 Å². The number of esters is 1. The zero-order valence-corrected chi connectivity index (χ0v) is 39.2. The van der Waals surface area contributed by atoms with Gasteiger partial charge in [0.25, 0.3) is 29.5 Å². The number of ether oxygens (including phenoxy) is 2. The van der Waals surface area contributed by atoms with Gasteiger partial charge in [-0.15, -0.1) is 0 Å². The summed E-state index contributed by atoms with van der Waals surface area (Å²) >= 11 is 0. The van der Waals surface area contributed by atoms with Crippen molar-refractivity contribution in [1.82, 2.24) is 41.2 Å². The molecule has 5 rings (SSSR count). The number of nitrogens with zero attached hydrogens (tertiary/aromatic N) is 5. The highest BCUT2D eigenvalue weighted by Gasteiger charge is 2.58. The number of carbonyl (C=O) groups is 7. The Labute approximate surface area is 380 Å². The molecule has 22 heteroatoms. The summed E-state index contributed by atoms with van der Waals surface area (Å²) in [5.41, 5.74) is 0.982. The molecule has 0 aromatic rings. The maximum atomic E-state index is 15.0. The first kappa shape index (κ1) is 51.9. The molecule has 0 bridgehead atoms. The van der Waals surface area contributed by atoms with Crippen LogP contribution in [0.25, 0.3) is 0 Å². The Hall–Kier alpha value is -4.03. The molecule has 5 fully saturated rings. The van der Waals surface area contributed by atoms with Crippen LogP contribution in [0, 0.1) is 23.7 Å². The molecule has 11 atom stereocenters. The minimum atomic E-state index is -2.73. The van der Waals surface area contributed by atoms with Crippen molar-refractivity contribution in [2.24, 2.45) is 23.7 Å². The number of rotatable bonds is 8. The third kappa shape index (κ3) is 10.6. The van der Waals surface area contributed by atoms with E-state index in [4.69, 9.17) is 9.47 Å². The normalized spacial score (nSPS) is 35.1. The number of hydrogen-bond acceptors (Lipinski definition) is 16. The van der Waals surface area contributed by atoms with E-state index in [-0.39, 0.29) is 61.4 Å². The summed E-state index contributed by atoms with van der Waals surface area (Å²) in [6.07, 6.45) is -0.125. The molecule has 65 heavy (non-hydrogen) atoms. The molecular weight excluding hydrogens is 853 g/mol. The van der Waals surface area contributed by atoms with Gasteiger partial charge in [-0.25, -0.2) is 25.8 Å². The number of aliphatic hydroxyl groups is 3. The summed E-state index contributed by atoms with van der Waals surface area (Å²) in [4.78, 5) is 102. The minimum Gasteiger partial charge on any atom is -0.458 e. The van der Waals surface area contributed by atoms with Crippen LogP contribution in [0.4, 0.5) is 0 Å². The molecule has 0 radical (unpaired) electrons. The summed E-state index contributed by atoms with van der Waals surface area (Å²) in [7, 11) is 0. The van der Waals surface area contributed by atoms with Crippen LogP contribution in [0.2, 0.25) is 0 Å². The lowest BCUT2D eigenvalue weighted by atomic mass is 9.78. The number of hydrazine groups is 2. The molecule has 5 saturated heterocycles. The first-order chi connectivity index (χ1) is 30.3. The standard InChI is InChI=1S/C43H72N8O14/c1-10-29-26(21-23(2)3)15-16-43(61,65-29)42(9,60)40(58)46-31-33(25(6)7)64-39(57)32(24(4)5)51(63)38(56)34-41(8,59)17-20-47(34)35(53)27-13-11-18-44-49(27)30(52)22-48(62)36(54)28-14-12-19-45-50(28)37(31)55/h23-29,31-34,44-45,59-63H,10-22H2,1-9H3,(H,46,58)/t26-,27-,28-,29-,31+,32+,33+,34-,41-,42?,43-/m1/s1. The number of cyclic esters (lactones) is 1. The van der Waals surface area contributed by atoms with Crippen LogP contribution in [0.3, 0.4) is 0 Å². The predicted octanol–water partition coefficient (Wildman–Crippen LogP) is -0.453. The lowest BCUT2D eigenvalue weighted by Crippen LogP contribution is -2.70. The molecule has 0 aromatic carbocycles. The number of hydrogen-bond donors (Lipinski definition) is 8. The van der Waals surface area contributed by atoms with E-state index in [0.29, 0.717) is 31.6 Å². The van der Waals surface area contributed by atoms with E-state index in [1.54, 1.807) is 0 Å². The van der Waals surface area contributed by atoms with Crippen LogP contribution in [0.5, 0.6) is 0 Å². The predicted molar refractivity (Wildman–Crippen MR) is 227 cm³/mol. The molecule has 22 nitrogen and oxygen atoms in total. The molecule has 5 heterocycles. The molecule has 368 valence electrons. The first-order valence-corrected chi connectivity index (χ1v) is 23.1. The second-order valence-corrected chi connectivity index (χ2v) is 19.9. The topological polar surface area (TPSA) is 291 Å². The zero-order chi connectivity index (χ0) is 48.5. The Morgan fingerprint density at radius 1 is 0.862 bits per heavy atom. The van der Waals surface area contributed by atoms with Crippen molar-refractivity contribution in [2.75, 3.05) is 26.2 Å². The summed E-state index contributed by atoms with van der Waals surface area (Å²) < 4.78 is 12.1. The number of fused-ring (bicyclic) bond motifs is 3. The van der Waals surface area contributed by atoms with Crippen molar-refractivity contribution >= 4 is 41.4 Å². The van der Waals surface area contributed by atoms with E-state index < -0.39 is 119 Å². The Morgan fingerprint density at radius 3 is 2.03 bits per heavy atom. The first-order valence-electron chi connectivity index (χ1n) is 23.1. The van der Waals surface area contributed by atoms with Crippen molar-refractivity contribution in [3.8, 4) is 0 Å². The molecule has 0 aromatic heterocycles. The molecule has 0 spiro atoms. The van der Waals surface area contributed by atoms with Gasteiger partial charge in [-0.2, -0.15) is 0 Å². The van der Waals surface area contributed by atoms with E-state index in [0.717, 1.165) is 28.3 Å². The van der Waals surface area contributed by atoms with Crippen LogP contribution in [-0.2, 0) is 43.0 Å². The van der Waals surface area contributed by atoms with Gasteiger partial charge in [0.05, 0.1) is 11.7 Å². The Balaban J connectivity index is 1.60. The van der Waals surface area contributed by atoms with Crippen molar-refractivity contribution < 1.29 is 68.8 Å². The van der Waals surface area contributed by atoms with Crippen molar-refractivity contribution in [1.29, 1.82) is 0 Å². The second kappa shape index (κ2) is 20.5. The fourth-order valence-electron chi connectivity index (χ4n) is 9.89. The summed E-state index contributed by atoms with van der Waals surface area (Å²) in [5.74, 6) is -11.6. The fourth-order valence-corrected chi connectivity index (χ4v) is 9.89. The van der Waals surface area contributed by atoms with Crippen LogP contribution >= 0.6 is 0 Å². The van der Waals surface area contributed by atoms with Crippen LogP contribution in [0.1, 0.15) is 120 Å². The molecular formula is C43H72N8O14. The molecule has 0 saturated carbocycles. The Morgan fingerprint density at radius 2 is 1.46 bits per heavy atom. The average molecular weight is 925 g/mol. The highest BCUT2D eigenvalue weighted by atomic mass is 16.6. The largest absolute Gasteiger partial charge is 0.458 e. The fraction of sp³-hybridized carbons (Fsp3) is 0.837. The van der Waals surface area contributed by atoms with E-state index in [2.05, 4.69) is 16.2 Å². The summed E-state index contributed by atoms with van der Waals surface area (Å²) in [6, 6.07) is -8.34. The lowest BCUT2D eigenvalue weighted by molar-refractivity contribution is -0.329. The third-order valence-corrected chi connectivity index (χ3v) is 13.6. The highest BCUT2D eigenvalue weighted by Crippen LogP contribution is 2.42. The lowest BCUT2D eigenvalue weighted by Gasteiger charge is -2.48. The summed E-state index contributed by atoms with van der Waals surface area (Å²) in [6.45, 7) is 13.5. The smallest absolute Gasteiger partial charge is 0.332 e. The van der Waals surface area contributed by atoms with Gasteiger partial charge < -0.3 is 35.0 Å². The third-order valence-electron chi connectivity index (χ3n) is 13.6. The monoisotopic (exact) mass is 925 g/mol. The molecule has 5 aliphatic heterocycles.